The lowest BCUT2D eigenvalue weighted by atomic mass is 10.1. The zero-order chi connectivity index (χ0) is 10.1. The predicted molar refractivity (Wildman–Crippen MR) is 59.3 cm³/mol. The standard InChI is InChI=1S/C13H16O/c1-14-12-8-3-2-5-9-13-10-6-4-7-11-13/h2,4,6-8,10-11H,5,9,12H2,1H3. The van der Waals surface area contributed by atoms with Crippen LogP contribution in [-0.4, -0.2) is 13.7 Å². The van der Waals surface area contributed by atoms with Gasteiger partial charge in [0, 0.05) is 7.11 Å². The maximum Gasteiger partial charge on any atom is 0.0717 e. The van der Waals surface area contributed by atoms with Crippen molar-refractivity contribution in [2.24, 2.45) is 0 Å². The quantitative estimate of drug-likeness (QED) is 0.645. The molecule has 1 heteroatoms. The van der Waals surface area contributed by atoms with Crippen LogP contribution in [0.1, 0.15) is 12.0 Å². The van der Waals surface area contributed by atoms with Crippen LogP contribution in [0.5, 0.6) is 0 Å². The highest BCUT2D eigenvalue weighted by Gasteiger charge is 1.86. The number of hydrogen-bond acceptors (Lipinski definition) is 1. The zero-order valence-electron chi connectivity index (χ0n) is 8.57. The molecule has 1 aromatic carbocycles. The summed E-state index contributed by atoms with van der Waals surface area (Å²) in [5.74, 6) is 0. The Morgan fingerprint density at radius 1 is 1.21 bits per heavy atom. The molecule has 74 valence electrons. The van der Waals surface area contributed by atoms with Gasteiger partial charge in [-0.25, -0.2) is 0 Å². The summed E-state index contributed by atoms with van der Waals surface area (Å²) in [6.45, 7) is 0.641. The minimum atomic E-state index is 0.641. The molecule has 0 amide bonds. The largest absolute Gasteiger partial charge is 0.380 e. The van der Waals surface area contributed by atoms with Crippen molar-refractivity contribution in [1.82, 2.24) is 0 Å². The van der Waals surface area contributed by atoms with Gasteiger partial charge in [-0.3, -0.25) is 0 Å². The van der Waals surface area contributed by atoms with Gasteiger partial charge in [0.25, 0.3) is 0 Å². The van der Waals surface area contributed by atoms with E-state index in [1.54, 1.807) is 7.11 Å². The summed E-state index contributed by atoms with van der Waals surface area (Å²) in [5, 5.41) is 0. The first-order valence-corrected chi connectivity index (χ1v) is 4.86. The molecule has 0 atom stereocenters. The molecule has 0 aromatic heterocycles. The van der Waals surface area contributed by atoms with Crippen molar-refractivity contribution in [1.29, 1.82) is 0 Å². The van der Waals surface area contributed by atoms with Crippen LogP contribution in [0.25, 0.3) is 0 Å². The van der Waals surface area contributed by atoms with Gasteiger partial charge in [-0.1, -0.05) is 30.3 Å². The van der Waals surface area contributed by atoms with Crippen LogP contribution in [0.15, 0.2) is 48.2 Å². The zero-order valence-corrected chi connectivity index (χ0v) is 8.57. The predicted octanol–water partition coefficient (Wildman–Crippen LogP) is 2.98. The van der Waals surface area contributed by atoms with Gasteiger partial charge in [0.05, 0.1) is 6.61 Å². The molecule has 1 nitrogen and oxygen atoms in total. The SMILES string of the molecule is COCC=C=CCCc1ccccc1. The average molecular weight is 188 g/mol. The van der Waals surface area contributed by atoms with E-state index < -0.39 is 0 Å². The van der Waals surface area contributed by atoms with Gasteiger partial charge < -0.3 is 4.74 Å². The van der Waals surface area contributed by atoms with E-state index in [-0.39, 0.29) is 0 Å². The van der Waals surface area contributed by atoms with Gasteiger partial charge in [0.15, 0.2) is 0 Å². The van der Waals surface area contributed by atoms with E-state index in [9.17, 15) is 0 Å². The fourth-order valence-corrected chi connectivity index (χ4v) is 1.18. The molecule has 0 unspecified atom stereocenters. The van der Waals surface area contributed by atoms with Crippen LogP contribution < -0.4 is 0 Å². The monoisotopic (exact) mass is 188 g/mol. The van der Waals surface area contributed by atoms with Crippen LogP contribution >= 0.6 is 0 Å². The third-order valence-electron chi connectivity index (χ3n) is 1.91. The highest BCUT2D eigenvalue weighted by atomic mass is 16.5. The second-order valence-electron chi connectivity index (χ2n) is 3.05. The molecular weight excluding hydrogens is 172 g/mol. The third-order valence-corrected chi connectivity index (χ3v) is 1.91. The van der Waals surface area contributed by atoms with Crippen LogP contribution in [0.2, 0.25) is 0 Å². The molecule has 0 radical (unpaired) electrons. The summed E-state index contributed by atoms with van der Waals surface area (Å²) in [5.41, 5.74) is 4.45. The summed E-state index contributed by atoms with van der Waals surface area (Å²) in [4.78, 5) is 0. The minimum Gasteiger partial charge on any atom is -0.380 e. The third kappa shape index (κ3) is 4.66. The van der Waals surface area contributed by atoms with Gasteiger partial charge in [0.2, 0.25) is 0 Å². The summed E-state index contributed by atoms with van der Waals surface area (Å²) in [6.07, 6.45) is 6.05. The van der Waals surface area contributed by atoms with Crippen molar-refractivity contribution in [3.05, 3.63) is 53.8 Å². The van der Waals surface area contributed by atoms with Gasteiger partial charge in [-0.05, 0) is 30.6 Å². The van der Waals surface area contributed by atoms with Crippen molar-refractivity contribution in [3.63, 3.8) is 0 Å². The van der Waals surface area contributed by atoms with E-state index in [4.69, 9.17) is 4.74 Å². The molecule has 0 aliphatic heterocycles. The Labute approximate surface area is 85.7 Å². The first kappa shape index (κ1) is 10.8. The van der Waals surface area contributed by atoms with Gasteiger partial charge >= 0.3 is 0 Å². The molecule has 0 fully saturated rings. The van der Waals surface area contributed by atoms with Crippen molar-refractivity contribution in [3.8, 4) is 0 Å². The lowest BCUT2D eigenvalue weighted by molar-refractivity contribution is 0.234. The van der Waals surface area contributed by atoms with Crippen LogP contribution in [0.3, 0.4) is 0 Å². The Morgan fingerprint density at radius 2 is 2.00 bits per heavy atom. The molecule has 1 aromatic rings. The summed E-state index contributed by atoms with van der Waals surface area (Å²) in [7, 11) is 1.68. The smallest absolute Gasteiger partial charge is 0.0717 e. The van der Waals surface area contributed by atoms with Crippen LogP contribution in [0, 0.1) is 0 Å². The molecule has 0 aliphatic rings. The second kappa shape index (κ2) is 7.14. The topological polar surface area (TPSA) is 9.23 Å². The molecule has 0 N–H and O–H groups in total. The van der Waals surface area contributed by atoms with E-state index in [2.05, 4.69) is 30.0 Å². The van der Waals surface area contributed by atoms with E-state index >= 15 is 0 Å². The Morgan fingerprint density at radius 3 is 2.71 bits per heavy atom. The second-order valence-corrected chi connectivity index (χ2v) is 3.05. The van der Waals surface area contributed by atoms with E-state index in [1.807, 2.05) is 18.2 Å². The molecule has 0 spiro atoms. The number of hydrogen-bond donors (Lipinski definition) is 0. The molecule has 0 heterocycles. The summed E-state index contributed by atoms with van der Waals surface area (Å²) < 4.78 is 4.87. The Kier molecular flexibility index (Phi) is 5.49. The number of methoxy groups -OCH3 is 1. The van der Waals surface area contributed by atoms with Crippen molar-refractivity contribution in [2.45, 2.75) is 12.8 Å². The normalized spacial score (nSPS) is 9.21. The van der Waals surface area contributed by atoms with E-state index in [0.29, 0.717) is 6.61 Å². The van der Waals surface area contributed by atoms with Gasteiger partial charge in [-0.15, -0.1) is 5.73 Å². The number of aryl methyl sites for hydroxylation is 1. The lowest BCUT2D eigenvalue weighted by Gasteiger charge is -1.94. The number of ether oxygens (including phenoxy) is 1. The minimum absolute atomic E-state index is 0.641. The fraction of sp³-hybridized carbons (Fsp3) is 0.308. The first-order valence-electron chi connectivity index (χ1n) is 4.86. The fourth-order valence-electron chi connectivity index (χ4n) is 1.18. The summed E-state index contributed by atoms with van der Waals surface area (Å²) >= 11 is 0. The van der Waals surface area contributed by atoms with Crippen LogP contribution in [-0.2, 0) is 11.2 Å². The molecule has 14 heavy (non-hydrogen) atoms. The van der Waals surface area contributed by atoms with Gasteiger partial charge in [0.1, 0.15) is 0 Å². The van der Waals surface area contributed by atoms with Gasteiger partial charge in [-0.2, -0.15) is 0 Å². The van der Waals surface area contributed by atoms with Crippen LogP contribution in [0.4, 0.5) is 0 Å². The average Bonchev–Trinajstić information content (AvgIpc) is 2.25. The molecule has 0 saturated heterocycles. The lowest BCUT2D eigenvalue weighted by Crippen LogP contribution is -1.81. The maximum absolute atomic E-state index is 4.87. The van der Waals surface area contributed by atoms with Crippen molar-refractivity contribution < 1.29 is 4.74 Å². The molecule has 0 bridgehead atoms. The number of rotatable bonds is 5. The Bertz CT molecular complexity index is 294. The first-order chi connectivity index (χ1) is 6.93. The highest BCUT2D eigenvalue weighted by Crippen LogP contribution is 2.02. The Hall–Kier alpha value is -1.30. The van der Waals surface area contributed by atoms with E-state index in [1.165, 1.54) is 5.56 Å². The molecular formula is C13H16O. The molecule has 0 saturated carbocycles. The summed E-state index contributed by atoms with van der Waals surface area (Å²) in [6, 6.07) is 10.5. The molecule has 1 rings (SSSR count). The highest BCUT2D eigenvalue weighted by molar-refractivity contribution is 5.15. The maximum atomic E-state index is 4.87. The molecule has 0 aliphatic carbocycles. The van der Waals surface area contributed by atoms with Crippen molar-refractivity contribution >= 4 is 0 Å². The van der Waals surface area contributed by atoms with Crippen molar-refractivity contribution in [2.75, 3.05) is 13.7 Å². The van der Waals surface area contributed by atoms with E-state index in [0.717, 1.165) is 12.8 Å². The Balaban J connectivity index is 2.25. The number of benzene rings is 1.